The molecule has 1 amide bonds. The standard InChI is InChI=1S/C14H18ClNO4/c1-9(16-13(18)20-14(2,3)4)12(17)19-11-8-6-5-7-10(11)15/h5-9H,1-4H3,(H,16,18). The Kier molecular flexibility index (Phi) is 5.39. The molecule has 0 bridgehead atoms. The molecule has 0 aliphatic rings. The Morgan fingerprint density at radius 3 is 2.40 bits per heavy atom. The lowest BCUT2D eigenvalue weighted by atomic mass is 10.2. The molecule has 6 heteroatoms. The first-order valence-corrected chi connectivity index (χ1v) is 6.52. The van der Waals surface area contributed by atoms with Crippen LogP contribution in [0.25, 0.3) is 0 Å². The van der Waals surface area contributed by atoms with Crippen molar-refractivity contribution in [1.29, 1.82) is 0 Å². The molecule has 0 spiro atoms. The molecule has 0 saturated carbocycles. The largest absolute Gasteiger partial charge is 0.444 e. The second-order valence-electron chi connectivity index (χ2n) is 5.22. The van der Waals surface area contributed by atoms with E-state index in [0.717, 1.165) is 0 Å². The van der Waals surface area contributed by atoms with E-state index in [-0.39, 0.29) is 5.75 Å². The average molecular weight is 300 g/mol. The van der Waals surface area contributed by atoms with Crippen molar-refractivity contribution in [2.24, 2.45) is 0 Å². The third-order valence-corrected chi connectivity index (χ3v) is 2.45. The van der Waals surface area contributed by atoms with Crippen molar-refractivity contribution < 1.29 is 19.1 Å². The summed E-state index contributed by atoms with van der Waals surface area (Å²) < 4.78 is 10.1. The molecule has 1 aromatic carbocycles. The lowest BCUT2D eigenvalue weighted by Crippen LogP contribution is -2.43. The fraction of sp³-hybridized carbons (Fsp3) is 0.429. The van der Waals surface area contributed by atoms with E-state index in [9.17, 15) is 9.59 Å². The van der Waals surface area contributed by atoms with Gasteiger partial charge in [-0.15, -0.1) is 0 Å². The summed E-state index contributed by atoms with van der Waals surface area (Å²) in [5.74, 6) is -0.374. The number of carbonyl (C=O) groups is 2. The third-order valence-electron chi connectivity index (χ3n) is 2.13. The van der Waals surface area contributed by atoms with Crippen LogP contribution in [0.1, 0.15) is 27.7 Å². The van der Waals surface area contributed by atoms with Crippen LogP contribution in [-0.2, 0) is 9.53 Å². The van der Waals surface area contributed by atoms with Gasteiger partial charge in [0.2, 0.25) is 0 Å². The number of carbonyl (C=O) groups excluding carboxylic acids is 2. The van der Waals surface area contributed by atoms with Crippen molar-refractivity contribution in [3.05, 3.63) is 29.3 Å². The fourth-order valence-electron chi connectivity index (χ4n) is 1.27. The SMILES string of the molecule is CC(NC(=O)OC(C)(C)C)C(=O)Oc1ccccc1Cl. The van der Waals surface area contributed by atoms with E-state index in [0.29, 0.717) is 5.02 Å². The zero-order valence-corrected chi connectivity index (χ0v) is 12.7. The van der Waals surface area contributed by atoms with Crippen LogP contribution < -0.4 is 10.1 Å². The van der Waals surface area contributed by atoms with Crippen LogP contribution in [0.4, 0.5) is 4.79 Å². The van der Waals surface area contributed by atoms with Crippen molar-refractivity contribution >= 4 is 23.7 Å². The molecule has 1 unspecified atom stereocenters. The molecule has 1 aromatic rings. The van der Waals surface area contributed by atoms with Gasteiger partial charge in [-0.25, -0.2) is 9.59 Å². The number of alkyl carbamates (subject to hydrolysis) is 1. The zero-order valence-electron chi connectivity index (χ0n) is 11.9. The molecule has 5 nitrogen and oxygen atoms in total. The normalized spacial score (nSPS) is 12.4. The molecule has 20 heavy (non-hydrogen) atoms. The van der Waals surface area contributed by atoms with Gasteiger partial charge in [-0.3, -0.25) is 0 Å². The molecule has 0 aromatic heterocycles. The summed E-state index contributed by atoms with van der Waals surface area (Å²) in [6.07, 6.45) is -0.680. The van der Waals surface area contributed by atoms with Crippen LogP contribution in [-0.4, -0.2) is 23.7 Å². The first-order valence-electron chi connectivity index (χ1n) is 6.15. The highest BCUT2D eigenvalue weighted by Gasteiger charge is 2.22. The predicted octanol–water partition coefficient (Wildman–Crippen LogP) is 3.16. The molecular formula is C14H18ClNO4. The smallest absolute Gasteiger partial charge is 0.408 e. The number of esters is 1. The second kappa shape index (κ2) is 6.61. The van der Waals surface area contributed by atoms with E-state index >= 15 is 0 Å². The maximum absolute atomic E-state index is 11.8. The van der Waals surface area contributed by atoms with E-state index in [1.165, 1.54) is 6.92 Å². The summed E-state index contributed by atoms with van der Waals surface area (Å²) in [5, 5.41) is 2.72. The monoisotopic (exact) mass is 299 g/mol. The first kappa shape index (κ1) is 16.3. The Bertz CT molecular complexity index is 496. The molecule has 110 valence electrons. The van der Waals surface area contributed by atoms with Gasteiger partial charge in [0.15, 0.2) is 0 Å². The number of nitrogens with one attached hydrogen (secondary N) is 1. The van der Waals surface area contributed by atoms with Gasteiger partial charge in [-0.05, 0) is 39.8 Å². The van der Waals surface area contributed by atoms with Crippen LogP contribution in [0.3, 0.4) is 0 Å². The van der Waals surface area contributed by atoms with E-state index in [1.54, 1.807) is 45.0 Å². The summed E-state index contributed by atoms with van der Waals surface area (Å²) in [4.78, 5) is 23.3. The first-order chi connectivity index (χ1) is 9.19. The van der Waals surface area contributed by atoms with Gasteiger partial charge in [0, 0.05) is 0 Å². The quantitative estimate of drug-likeness (QED) is 0.688. The summed E-state index contributed by atoms with van der Waals surface area (Å²) in [7, 11) is 0. The number of amides is 1. The Morgan fingerprint density at radius 1 is 1.25 bits per heavy atom. The zero-order chi connectivity index (χ0) is 15.3. The fourth-order valence-corrected chi connectivity index (χ4v) is 1.44. The lowest BCUT2D eigenvalue weighted by Gasteiger charge is -2.21. The highest BCUT2D eigenvalue weighted by atomic mass is 35.5. The van der Waals surface area contributed by atoms with Crippen LogP contribution in [0.2, 0.25) is 5.02 Å². The van der Waals surface area contributed by atoms with Gasteiger partial charge in [0.25, 0.3) is 0 Å². The molecule has 0 saturated heterocycles. The molecule has 0 aliphatic carbocycles. The van der Waals surface area contributed by atoms with Crippen molar-refractivity contribution in [3.8, 4) is 5.75 Å². The molecule has 1 N–H and O–H groups in total. The van der Waals surface area contributed by atoms with Gasteiger partial charge < -0.3 is 14.8 Å². The summed E-state index contributed by atoms with van der Waals surface area (Å²) in [6.45, 7) is 6.71. The van der Waals surface area contributed by atoms with Gasteiger partial charge in [0.05, 0.1) is 5.02 Å². The van der Waals surface area contributed by atoms with Crippen LogP contribution >= 0.6 is 11.6 Å². The van der Waals surface area contributed by atoms with Crippen molar-refractivity contribution in [3.63, 3.8) is 0 Å². The molecule has 0 radical (unpaired) electrons. The van der Waals surface area contributed by atoms with Gasteiger partial charge in [0.1, 0.15) is 17.4 Å². The van der Waals surface area contributed by atoms with E-state index in [4.69, 9.17) is 21.1 Å². The number of benzene rings is 1. The maximum atomic E-state index is 11.8. The van der Waals surface area contributed by atoms with E-state index in [1.807, 2.05) is 0 Å². The average Bonchev–Trinajstić information content (AvgIpc) is 2.29. The van der Waals surface area contributed by atoms with E-state index in [2.05, 4.69) is 5.32 Å². The van der Waals surface area contributed by atoms with Crippen molar-refractivity contribution in [2.45, 2.75) is 39.3 Å². The molecule has 0 fully saturated rings. The number of ether oxygens (including phenoxy) is 2. The van der Waals surface area contributed by atoms with Crippen LogP contribution in [0, 0.1) is 0 Å². The number of hydrogen-bond acceptors (Lipinski definition) is 4. The van der Waals surface area contributed by atoms with Crippen molar-refractivity contribution in [2.75, 3.05) is 0 Å². The third kappa shape index (κ3) is 5.48. The Labute approximate surface area is 123 Å². The number of hydrogen-bond donors (Lipinski definition) is 1. The molecule has 1 rings (SSSR count). The second-order valence-corrected chi connectivity index (χ2v) is 5.63. The van der Waals surface area contributed by atoms with Crippen molar-refractivity contribution in [1.82, 2.24) is 5.32 Å². The number of halogens is 1. The molecule has 0 aliphatic heterocycles. The van der Waals surface area contributed by atoms with Crippen LogP contribution in [0.15, 0.2) is 24.3 Å². The highest BCUT2D eigenvalue weighted by Crippen LogP contribution is 2.23. The van der Waals surface area contributed by atoms with Gasteiger partial charge in [-0.1, -0.05) is 23.7 Å². The topological polar surface area (TPSA) is 64.6 Å². The minimum atomic E-state index is -0.846. The molecule has 0 heterocycles. The Morgan fingerprint density at radius 2 is 1.85 bits per heavy atom. The Balaban J connectivity index is 2.56. The molecule has 1 atom stereocenters. The van der Waals surface area contributed by atoms with Gasteiger partial charge >= 0.3 is 12.1 Å². The summed E-state index contributed by atoms with van der Waals surface area (Å²) in [5.41, 5.74) is -0.629. The molecular weight excluding hydrogens is 282 g/mol. The Hall–Kier alpha value is -1.75. The lowest BCUT2D eigenvalue weighted by molar-refractivity contribution is -0.136. The minimum absolute atomic E-state index is 0.247. The van der Waals surface area contributed by atoms with E-state index < -0.39 is 23.7 Å². The summed E-state index contributed by atoms with van der Waals surface area (Å²) in [6, 6.07) is 5.75. The predicted molar refractivity (Wildman–Crippen MR) is 75.9 cm³/mol. The minimum Gasteiger partial charge on any atom is -0.444 e. The van der Waals surface area contributed by atoms with Crippen LogP contribution in [0.5, 0.6) is 5.75 Å². The number of para-hydroxylation sites is 1. The van der Waals surface area contributed by atoms with Gasteiger partial charge in [-0.2, -0.15) is 0 Å². The highest BCUT2D eigenvalue weighted by molar-refractivity contribution is 6.32. The summed E-state index contributed by atoms with van der Waals surface area (Å²) >= 11 is 5.88. The number of rotatable bonds is 3. The maximum Gasteiger partial charge on any atom is 0.408 e.